The van der Waals surface area contributed by atoms with Gasteiger partial charge in [0, 0.05) is 12.2 Å². The Morgan fingerprint density at radius 3 is 2.79 bits per heavy atom. The smallest absolute Gasteiger partial charge is 0.407 e. The average Bonchev–Trinajstić information content (AvgIpc) is 3.25. The number of hydrogen-bond acceptors (Lipinski definition) is 7. The minimum Gasteiger partial charge on any atom is -0.465 e. The first-order chi connectivity index (χ1) is 13.5. The maximum Gasteiger partial charge on any atom is 0.407 e. The van der Waals surface area contributed by atoms with E-state index in [1.54, 1.807) is 24.3 Å². The molecular weight excluding hydrogens is 386 g/mol. The zero-order chi connectivity index (χ0) is 20.1. The molecule has 2 heterocycles. The molecule has 9 nitrogen and oxygen atoms in total. The molecule has 152 valence electrons. The number of thiocarbonyl (C=S) groups is 1. The molecule has 0 bridgehead atoms. The molecule has 3 rings (SSSR count). The lowest BCUT2D eigenvalue weighted by atomic mass is 10.1. The number of esters is 1. The highest BCUT2D eigenvalue weighted by Gasteiger charge is 2.49. The number of hydrogen-bond donors (Lipinski definition) is 3. The number of anilines is 1. The lowest BCUT2D eigenvalue weighted by molar-refractivity contribution is 0.00425. The van der Waals surface area contributed by atoms with Gasteiger partial charge in [-0.1, -0.05) is 6.07 Å². The van der Waals surface area contributed by atoms with Crippen molar-refractivity contribution in [1.29, 1.82) is 0 Å². The van der Waals surface area contributed by atoms with Crippen molar-refractivity contribution in [2.45, 2.75) is 31.3 Å². The van der Waals surface area contributed by atoms with Crippen LogP contribution >= 0.6 is 12.2 Å². The molecule has 2 saturated heterocycles. The van der Waals surface area contributed by atoms with E-state index in [4.69, 9.17) is 31.2 Å². The van der Waals surface area contributed by atoms with Gasteiger partial charge in [-0.2, -0.15) is 0 Å². The van der Waals surface area contributed by atoms with Crippen molar-refractivity contribution in [3.8, 4) is 0 Å². The van der Waals surface area contributed by atoms with Gasteiger partial charge in [0.15, 0.2) is 11.2 Å². The Balaban J connectivity index is 1.53. The minimum atomic E-state index is -0.487. The fourth-order valence-corrected chi connectivity index (χ4v) is 3.46. The molecule has 1 amide bonds. The van der Waals surface area contributed by atoms with Crippen LogP contribution in [0.4, 0.5) is 10.5 Å². The topological polar surface area (TPSA) is 107 Å². The number of amides is 1. The third kappa shape index (κ3) is 4.70. The SMILES string of the molecule is CCNC(=O)OC1COC2C(NC(=S)Nc3cccc(C(=O)OC)c3)COC12. The number of ether oxygens (including phenoxy) is 4. The van der Waals surface area contributed by atoms with Gasteiger partial charge in [0.25, 0.3) is 0 Å². The zero-order valence-corrected chi connectivity index (χ0v) is 16.4. The first kappa shape index (κ1) is 20.3. The van der Waals surface area contributed by atoms with E-state index in [1.807, 2.05) is 6.92 Å². The Morgan fingerprint density at radius 1 is 1.25 bits per heavy atom. The van der Waals surface area contributed by atoms with E-state index in [9.17, 15) is 9.59 Å². The minimum absolute atomic E-state index is 0.184. The van der Waals surface area contributed by atoms with Crippen LogP contribution in [0.1, 0.15) is 17.3 Å². The van der Waals surface area contributed by atoms with Gasteiger partial charge in [-0.15, -0.1) is 0 Å². The van der Waals surface area contributed by atoms with Gasteiger partial charge in [-0.05, 0) is 37.3 Å². The van der Waals surface area contributed by atoms with E-state index in [0.717, 1.165) is 0 Å². The third-order valence-electron chi connectivity index (χ3n) is 4.45. The van der Waals surface area contributed by atoms with Gasteiger partial charge in [0.05, 0.1) is 31.9 Å². The Hall–Kier alpha value is -2.43. The lowest BCUT2D eigenvalue weighted by Crippen LogP contribution is -2.46. The summed E-state index contributed by atoms with van der Waals surface area (Å²) in [5.41, 5.74) is 1.07. The summed E-state index contributed by atoms with van der Waals surface area (Å²) in [6.07, 6.45) is -1.56. The number of carbonyl (C=O) groups excluding carboxylic acids is 2. The van der Waals surface area contributed by atoms with Gasteiger partial charge in [-0.3, -0.25) is 0 Å². The van der Waals surface area contributed by atoms with E-state index in [1.165, 1.54) is 7.11 Å². The quantitative estimate of drug-likeness (QED) is 0.486. The lowest BCUT2D eigenvalue weighted by Gasteiger charge is -2.20. The number of nitrogens with one attached hydrogen (secondary N) is 3. The first-order valence-corrected chi connectivity index (χ1v) is 9.36. The van der Waals surface area contributed by atoms with E-state index in [0.29, 0.717) is 29.5 Å². The van der Waals surface area contributed by atoms with E-state index < -0.39 is 18.2 Å². The van der Waals surface area contributed by atoms with Crippen molar-refractivity contribution >= 4 is 35.1 Å². The van der Waals surface area contributed by atoms with Gasteiger partial charge < -0.3 is 34.9 Å². The number of benzene rings is 1. The highest BCUT2D eigenvalue weighted by Crippen LogP contribution is 2.29. The summed E-state index contributed by atoms with van der Waals surface area (Å²) >= 11 is 5.36. The normalized spacial score (nSPS) is 25.5. The standard InChI is InChI=1S/C18H23N3O6S/c1-3-19-18(23)27-13-9-26-14-12(8-25-15(13)14)21-17(28)20-11-6-4-5-10(7-11)16(22)24-2/h4-7,12-15H,3,8-9H2,1-2H3,(H,19,23)(H2,20,21,28). The van der Waals surface area contributed by atoms with Crippen LogP contribution in [-0.4, -0.2) is 68.4 Å². The van der Waals surface area contributed by atoms with Crippen LogP contribution in [0.15, 0.2) is 24.3 Å². The molecule has 2 fully saturated rings. The molecule has 1 aromatic carbocycles. The van der Waals surface area contributed by atoms with Crippen LogP contribution in [0.2, 0.25) is 0 Å². The molecule has 2 aliphatic rings. The average molecular weight is 409 g/mol. The highest BCUT2D eigenvalue weighted by atomic mass is 32.1. The molecule has 0 spiro atoms. The number of methoxy groups -OCH3 is 1. The Morgan fingerprint density at radius 2 is 2.04 bits per heavy atom. The third-order valence-corrected chi connectivity index (χ3v) is 4.67. The predicted octanol–water partition coefficient (Wildman–Crippen LogP) is 1.04. The van der Waals surface area contributed by atoms with Crippen LogP contribution in [-0.2, 0) is 18.9 Å². The summed E-state index contributed by atoms with van der Waals surface area (Å²) in [4.78, 5) is 23.3. The van der Waals surface area contributed by atoms with Gasteiger partial charge in [0.1, 0.15) is 12.2 Å². The molecule has 10 heteroatoms. The van der Waals surface area contributed by atoms with E-state index in [2.05, 4.69) is 16.0 Å². The number of rotatable bonds is 5. The van der Waals surface area contributed by atoms with Crippen molar-refractivity contribution in [3.05, 3.63) is 29.8 Å². The Kier molecular flexibility index (Phi) is 6.65. The van der Waals surface area contributed by atoms with Crippen molar-refractivity contribution in [2.75, 3.05) is 32.2 Å². The molecule has 4 atom stereocenters. The van der Waals surface area contributed by atoms with E-state index in [-0.39, 0.29) is 24.9 Å². The molecule has 0 aliphatic carbocycles. The second-order valence-corrected chi connectivity index (χ2v) is 6.76. The predicted molar refractivity (Wildman–Crippen MR) is 104 cm³/mol. The zero-order valence-electron chi connectivity index (χ0n) is 15.6. The van der Waals surface area contributed by atoms with Crippen LogP contribution in [0.3, 0.4) is 0 Å². The fraction of sp³-hybridized carbons (Fsp3) is 0.500. The van der Waals surface area contributed by atoms with Crippen LogP contribution in [0, 0.1) is 0 Å². The van der Waals surface area contributed by atoms with Crippen LogP contribution in [0.25, 0.3) is 0 Å². The fourth-order valence-electron chi connectivity index (χ4n) is 3.19. The summed E-state index contributed by atoms with van der Waals surface area (Å²) in [6.45, 7) is 2.94. The number of fused-ring (bicyclic) bond motifs is 1. The van der Waals surface area contributed by atoms with Crippen molar-refractivity contribution in [3.63, 3.8) is 0 Å². The first-order valence-electron chi connectivity index (χ1n) is 8.95. The van der Waals surface area contributed by atoms with Crippen molar-refractivity contribution in [2.24, 2.45) is 0 Å². The Bertz CT molecular complexity index is 746. The van der Waals surface area contributed by atoms with Gasteiger partial charge in [0.2, 0.25) is 0 Å². The molecular formula is C18H23N3O6S. The largest absolute Gasteiger partial charge is 0.465 e. The van der Waals surface area contributed by atoms with Gasteiger partial charge in [-0.25, -0.2) is 9.59 Å². The maximum atomic E-state index is 11.6. The van der Waals surface area contributed by atoms with Crippen molar-refractivity contribution in [1.82, 2.24) is 10.6 Å². The maximum absolute atomic E-state index is 11.6. The summed E-state index contributed by atoms with van der Waals surface area (Å²) in [5.74, 6) is -0.424. The molecule has 0 saturated carbocycles. The second kappa shape index (κ2) is 9.18. The monoisotopic (exact) mass is 409 g/mol. The Labute approximate surface area is 168 Å². The molecule has 4 unspecified atom stereocenters. The second-order valence-electron chi connectivity index (χ2n) is 6.35. The summed E-state index contributed by atoms with van der Waals surface area (Å²) < 4.78 is 21.6. The molecule has 0 radical (unpaired) electrons. The number of carbonyl (C=O) groups is 2. The summed E-state index contributed by atoms with van der Waals surface area (Å²) in [7, 11) is 1.33. The van der Waals surface area contributed by atoms with Crippen LogP contribution < -0.4 is 16.0 Å². The summed E-state index contributed by atoms with van der Waals surface area (Å²) in [6, 6.07) is 6.64. The molecule has 3 N–H and O–H groups in total. The highest BCUT2D eigenvalue weighted by molar-refractivity contribution is 7.80. The molecule has 28 heavy (non-hydrogen) atoms. The van der Waals surface area contributed by atoms with Gasteiger partial charge >= 0.3 is 12.1 Å². The molecule has 0 aromatic heterocycles. The number of alkyl carbamates (subject to hydrolysis) is 1. The molecule has 1 aromatic rings. The van der Waals surface area contributed by atoms with Crippen molar-refractivity contribution < 1.29 is 28.5 Å². The van der Waals surface area contributed by atoms with E-state index >= 15 is 0 Å². The van der Waals surface area contributed by atoms with Crippen LogP contribution in [0.5, 0.6) is 0 Å². The molecule has 2 aliphatic heterocycles. The summed E-state index contributed by atoms with van der Waals surface area (Å²) in [5, 5.41) is 9.15.